The van der Waals surface area contributed by atoms with E-state index in [2.05, 4.69) is 0 Å². The standard InChI is InChI=1S/C22H18N2O4/c1-23(14-15-7-6-8-16(13-15)24(26)27)22(25)21-17-9-2-4-11-19(17)28-20-12-5-3-10-18(20)21/h2-13,21H,14H2,1H3. The summed E-state index contributed by atoms with van der Waals surface area (Å²) in [5, 5.41) is 11.0. The van der Waals surface area contributed by atoms with Crippen LogP contribution in [0.5, 0.6) is 11.5 Å². The van der Waals surface area contributed by atoms with Crippen LogP contribution in [0.2, 0.25) is 0 Å². The fourth-order valence-electron chi connectivity index (χ4n) is 3.52. The molecule has 6 heteroatoms. The Kier molecular flexibility index (Phi) is 4.53. The Morgan fingerprint density at radius 1 is 1.00 bits per heavy atom. The lowest BCUT2D eigenvalue weighted by molar-refractivity contribution is -0.384. The Labute approximate surface area is 162 Å². The summed E-state index contributed by atoms with van der Waals surface area (Å²) in [6.07, 6.45) is 0. The maximum Gasteiger partial charge on any atom is 0.269 e. The van der Waals surface area contributed by atoms with Crippen LogP contribution in [0.25, 0.3) is 0 Å². The lowest BCUT2D eigenvalue weighted by atomic mass is 9.87. The van der Waals surface area contributed by atoms with Crippen LogP contribution in [0, 0.1) is 10.1 Å². The summed E-state index contributed by atoms with van der Waals surface area (Å²) in [6, 6.07) is 21.4. The highest BCUT2D eigenvalue weighted by Gasteiger charge is 2.34. The summed E-state index contributed by atoms with van der Waals surface area (Å²) < 4.78 is 5.95. The van der Waals surface area contributed by atoms with Crippen LogP contribution in [0.1, 0.15) is 22.6 Å². The molecule has 1 amide bonds. The van der Waals surface area contributed by atoms with Gasteiger partial charge in [-0.15, -0.1) is 0 Å². The molecule has 28 heavy (non-hydrogen) atoms. The van der Waals surface area contributed by atoms with Crippen molar-refractivity contribution in [1.82, 2.24) is 4.90 Å². The SMILES string of the molecule is CN(Cc1cccc([N+](=O)[O-])c1)C(=O)C1c2ccccc2Oc2ccccc21. The van der Waals surface area contributed by atoms with E-state index in [0.717, 1.165) is 11.1 Å². The fourth-order valence-corrected chi connectivity index (χ4v) is 3.52. The molecule has 3 aromatic rings. The minimum atomic E-state index is -0.482. The zero-order valence-electron chi connectivity index (χ0n) is 15.2. The van der Waals surface area contributed by atoms with Crippen molar-refractivity contribution in [3.63, 3.8) is 0 Å². The van der Waals surface area contributed by atoms with Gasteiger partial charge in [0.2, 0.25) is 5.91 Å². The summed E-state index contributed by atoms with van der Waals surface area (Å²) in [5.74, 6) is 0.770. The number of nitro groups is 1. The van der Waals surface area contributed by atoms with Crippen LogP contribution in [-0.2, 0) is 11.3 Å². The van der Waals surface area contributed by atoms with Crippen molar-refractivity contribution in [1.29, 1.82) is 0 Å². The average Bonchev–Trinajstić information content (AvgIpc) is 2.71. The van der Waals surface area contributed by atoms with Gasteiger partial charge in [-0.1, -0.05) is 48.5 Å². The normalized spacial score (nSPS) is 12.5. The number of fused-ring (bicyclic) bond motifs is 2. The third-order valence-electron chi connectivity index (χ3n) is 4.84. The first-order valence-electron chi connectivity index (χ1n) is 8.88. The predicted octanol–water partition coefficient (Wildman–Crippen LogP) is 4.49. The topological polar surface area (TPSA) is 72.7 Å². The number of ether oxygens (including phenoxy) is 1. The van der Waals surface area contributed by atoms with E-state index in [1.165, 1.54) is 12.1 Å². The molecule has 140 valence electrons. The lowest BCUT2D eigenvalue weighted by Gasteiger charge is -2.30. The molecule has 1 aliphatic rings. The summed E-state index contributed by atoms with van der Waals surface area (Å²) in [7, 11) is 1.71. The number of likely N-dealkylation sites (N-methyl/N-ethyl adjacent to an activating group) is 1. The van der Waals surface area contributed by atoms with E-state index < -0.39 is 10.8 Å². The number of carbonyl (C=O) groups excluding carboxylic acids is 1. The minimum Gasteiger partial charge on any atom is -0.457 e. The fraction of sp³-hybridized carbons (Fsp3) is 0.136. The second-order valence-corrected chi connectivity index (χ2v) is 6.73. The van der Waals surface area contributed by atoms with Gasteiger partial charge in [0, 0.05) is 36.9 Å². The summed E-state index contributed by atoms with van der Waals surface area (Å²) in [6.45, 7) is 0.280. The number of nitrogens with zero attached hydrogens (tertiary/aromatic N) is 2. The van der Waals surface area contributed by atoms with Crippen molar-refractivity contribution in [3.05, 3.63) is 99.6 Å². The maximum atomic E-state index is 13.4. The first-order valence-corrected chi connectivity index (χ1v) is 8.88. The number of benzene rings is 3. The molecule has 0 N–H and O–H groups in total. The third kappa shape index (κ3) is 3.20. The third-order valence-corrected chi connectivity index (χ3v) is 4.84. The van der Waals surface area contributed by atoms with Crippen LogP contribution in [-0.4, -0.2) is 22.8 Å². The van der Waals surface area contributed by atoms with Crippen LogP contribution >= 0.6 is 0 Å². The average molecular weight is 374 g/mol. The van der Waals surface area contributed by atoms with Gasteiger partial charge in [0.05, 0.1) is 10.8 Å². The van der Waals surface area contributed by atoms with Crippen molar-refractivity contribution in [2.75, 3.05) is 7.05 Å². The predicted molar refractivity (Wildman–Crippen MR) is 104 cm³/mol. The van der Waals surface area contributed by atoms with Gasteiger partial charge in [-0.3, -0.25) is 14.9 Å². The van der Waals surface area contributed by atoms with Gasteiger partial charge in [-0.2, -0.15) is 0 Å². The van der Waals surface area contributed by atoms with Crippen LogP contribution in [0.4, 0.5) is 5.69 Å². The molecular formula is C22H18N2O4. The number of rotatable bonds is 4. The van der Waals surface area contributed by atoms with Crippen LogP contribution in [0.3, 0.4) is 0 Å². The molecule has 0 aliphatic carbocycles. The summed E-state index contributed by atoms with van der Waals surface area (Å²) in [4.78, 5) is 25.6. The minimum absolute atomic E-state index is 0.0140. The maximum absolute atomic E-state index is 13.4. The molecule has 0 spiro atoms. The van der Waals surface area contributed by atoms with E-state index >= 15 is 0 Å². The van der Waals surface area contributed by atoms with E-state index in [-0.39, 0.29) is 18.1 Å². The number of non-ortho nitro benzene ring substituents is 1. The van der Waals surface area contributed by atoms with E-state index in [0.29, 0.717) is 17.1 Å². The number of carbonyl (C=O) groups is 1. The van der Waals surface area contributed by atoms with Gasteiger partial charge >= 0.3 is 0 Å². The quantitative estimate of drug-likeness (QED) is 0.498. The van der Waals surface area contributed by atoms with Gasteiger partial charge < -0.3 is 9.64 Å². The highest BCUT2D eigenvalue weighted by molar-refractivity contribution is 5.89. The molecule has 0 atom stereocenters. The molecule has 1 heterocycles. The Morgan fingerprint density at radius 3 is 2.21 bits per heavy atom. The molecule has 0 aromatic heterocycles. The first-order chi connectivity index (χ1) is 13.5. The van der Waals surface area contributed by atoms with Gasteiger partial charge in [-0.05, 0) is 17.7 Å². The second-order valence-electron chi connectivity index (χ2n) is 6.73. The molecule has 0 unspecified atom stereocenters. The molecule has 0 radical (unpaired) electrons. The molecular weight excluding hydrogens is 356 g/mol. The van der Waals surface area contributed by atoms with Gasteiger partial charge in [0.1, 0.15) is 11.5 Å². The largest absolute Gasteiger partial charge is 0.457 e. The van der Waals surface area contributed by atoms with Crippen LogP contribution < -0.4 is 4.74 Å². The second kappa shape index (κ2) is 7.15. The first kappa shape index (κ1) is 17.7. The number of hydrogen-bond donors (Lipinski definition) is 0. The molecule has 4 rings (SSSR count). The molecule has 0 saturated carbocycles. The van der Waals surface area contributed by atoms with E-state index in [1.54, 1.807) is 24.1 Å². The smallest absolute Gasteiger partial charge is 0.269 e. The Morgan fingerprint density at radius 2 is 1.61 bits per heavy atom. The monoisotopic (exact) mass is 374 g/mol. The Bertz CT molecular complexity index is 1020. The number of hydrogen-bond acceptors (Lipinski definition) is 4. The molecule has 0 fully saturated rings. The zero-order chi connectivity index (χ0) is 19.7. The number of para-hydroxylation sites is 2. The zero-order valence-corrected chi connectivity index (χ0v) is 15.2. The summed E-state index contributed by atoms with van der Waals surface area (Å²) >= 11 is 0. The molecule has 0 saturated heterocycles. The molecule has 0 bridgehead atoms. The van der Waals surface area contributed by atoms with Crippen molar-refractivity contribution >= 4 is 11.6 Å². The van der Waals surface area contributed by atoms with E-state index in [1.807, 2.05) is 48.5 Å². The number of amides is 1. The Hall–Kier alpha value is -3.67. The van der Waals surface area contributed by atoms with E-state index in [4.69, 9.17) is 4.74 Å². The van der Waals surface area contributed by atoms with Crippen molar-refractivity contribution < 1.29 is 14.5 Å². The molecule has 1 aliphatic heterocycles. The molecule has 3 aromatic carbocycles. The van der Waals surface area contributed by atoms with Gasteiger partial charge in [-0.25, -0.2) is 0 Å². The number of nitro benzene ring substituents is 1. The van der Waals surface area contributed by atoms with E-state index in [9.17, 15) is 14.9 Å². The highest BCUT2D eigenvalue weighted by Crippen LogP contribution is 2.44. The molecule has 6 nitrogen and oxygen atoms in total. The van der Waals surface area contributed by atoms with Crippen molar-refractivity contribution in [2.24, 2.45) is 0 Å². The Balaban J connectivity index is 1.66. The lowest BCUT2D eigenvalue weighted by Crippen LogP contribution is -2.33. The highest BCUT2D eigenvalue weighted by atomic mass is 16.6. The van der Waals surface area contributed by atoms with Crippen molar-refractivity contribution in [3.8, 4) is 11.5 Å². The van der Waals surface area contributed by atoms with Crippen molar-refractivity contribution in [2.45, 2.75) is 12.5 Å². The van der Waals surface area contributed by atoms with Crippen LogP contribution in [0.15, 0.2) is 72.8 Å². The summed E-state index contributed by atoms with van der Waals surface area (Å²) in [5.41, 5.74) is 2.35. The van der Waals surface area contributed by atoms with Gasteiger partial charge in [0.25, 0.3) is 5.69 Å². The van der Waals surface area contributed by atoms with Gasteiger partial charge in [0.15, 0.2) is 0 Å².